The van der Waals surface area contributed by atoms with Gasteiger partial charge in [-0.2, -0.15) is 0 Å². The first kappa shape index (κ1) is 13.9. The van der Waals surface area contributed by atoms with E-state index >= 15 is 0 Å². The number of amides is 1. The number of hydrogen-bond acceptors (Lipinski definition) is 2. The zero-order valence-electron chi connectivity index (χ0n) is 10.9. The van der Waals surface area contributed by atoms with E-state index in [2.05, 4.69) is 5.32 Å². The van der Waals surface area contributed by atoms with Gasteiger partial charge < -0.3 is 10.2 Å². The Morgan fingerprint density at radius 2 is 2.00 bits per heavy atom. The third-order valence-electron chi connectivity index (χ3n) is 3.33. The Kier molecular flexibility index (Phi) is 4.47. The Morgan fingerprint density at radius 1 is 1.32 bits per heavy atom. The minimum atomic E-state index is -2.36. The van der Waals surface area contributed by atoms with Gasteiger partial charge in [-0.25, -0.2) is 8.78 Å². The smallest absolute Gasteiger partial charge is 0.253 e. The van der Waals surface area contributed by atoms with Gasteiger partial charge in [0.1, 0.15) is 0 Å². The summed E-state index contributed by atoms with van der Waals surface area (Å²) in [6, 6.07) is 6.65. The van der Waals surface area contributed by atoms with E-state index in [0.717, 1.165) is 24.2 Å². The van der Waals surface area contributed by atoms with Crippen molar-refractivity contribution in [1.29, 1.82) is 0 Å². The Bertz CT molecular complexity index is 434. The molecule has 1 fully saturated rings. The second kappa shape index (κ2) is 6.10. The molecule has 1 unspecified atom stereocenters. The lowest BCUT2D eigenvalue weighted by Crippen LogP contribution is -2.32. The summed E-state index contributed by atoms with van der Waals surface area (Å²) in [6.07, 6.45) is -0.856. The number of alkyl halides is 2. The normalized spacial score (nSPS) is 17.3. The molecule has 2 rings (SSSR count). The van der Waals surface area contributed by atoms with Gasteiger partial charge in [-0.15, -0.1) is 0 Å². The van der Waals surface area contributed by atoms with Crippen LogP contribution < -0.4 is 10.2 Å². The molecule has 3 nitrogen and oxygen atoms in total. The van der Waals surface area contributed by atoms with Gasteiger partial charge in [0.15, 0.2) is 0 Å². The number of hydrogen-bond donors (Lipinski definition) is 1. The molecule has 1 aliphatic heterocycles. The molecule has 104 valence electrons. The van der Waals surface area contributed by atoms with Crippen LogP contribution in [-0.4, -0.2) is 24.9 Å². The molecular weight excluding hydrogens is 250 g/mol. The quantitative estimate of drug-likeness (QED) is 0.890. The summed E-state index contributed by atoms with van der Waals surface area (Å²) in [5, 5.41) is 2.77. The number of rotatable bonds is 5. The lowest BCUT2D eigenvalue weighted by molar-refractivity contribution is -0.117. The fourth-order valence-electron chi connectivity index (χ4n) is 2.08. The van der Waals surface area contributed by atoms with Crippen LogP contribution in [0.3, 0.4) is 0 Å². The first-order valence-electron chi connectivity index (χ1n) is 6.49. The summed E-state index contributed by atoms with van der Waals surface area (Å²) in [4.78, 5) is 13.3. The molecule has 1 amide bonds. The molecule has 1 saturated heterocycles. The average Bonchev–Trinajstić information content (AvgIpc) is 2.82. The van der Waals surface area contributed by atoms with E-state index < -0.39 is 12.5 Å². The molecule has 19 heavy (non-hydrogen) atoms. The van der Waals surface area contributed by atoms with Crippen LogP contribution in [0.25, 0.3) is 0 Å². The van der Waals surface area contributed by atoms with Crippen molar-refractivity contribution in [3.05, 3.63) is 29.8 Å². The van der Waals surface area contributed by atoms with Gasteiger partial charge >= 0.3 is 0 Å². The zero-order chi connectivity index (χ0) is 13.8. The van der Waals surface area contributed by atoms with Crippen LogP contribution in [-0.2, 0) is 11.3 Å². The van der Waals surface area contributed by atoms with Gasteiger partial charge in [-0.3, -0.25) is 4.79 Å². The molecule has 0 radical (unpaired) electrons. The Hall–Kier alpha value is -1.49. The number of nitrogens with zero attached hydrogens (tertiary/aromatic N) is 1. The molecule has 1 aromatic carbocycles. The second-order valence-corrected chi connectivity index (χ2v) is 4.82. The van der Waals surface area contributed by atoms with Gasteiger partial charge in [0.05, 0.1) is 6.04 Å². The molecule has 1 aliphatic rings. The van der Waals surface area contributed by atoms with Gasteiger partial charge in [0, 0.05) is 25.2 Å². The Morgan fingerprint density at radius 3 is 2.53 bits per heavy atom. The predicted octanol–water partition coefficient (Wildman–Crippen LogP) is 2.56. The summed E-state index contributed by atoms with van der Waals surface area (Å²) in [5.41, 5.74) is 1.82. The highest BCUT2D eigenvalue weighted by Crippen LogP contribution is 2.21. The topological polar surface area (TPSA) is 32.3 Å². The fraction of sp³-hybridized carbons (Fsp3) is 0.500. The van der Waals surface area contributed by atoms with Gasteiger partial charge in [-0.05, 0) is 31.0 Å². The lowest BCUT2D eigenvalue weighted by atomic mass is 10.2. The van der Waals surface area contributed by atoms with E-state index in [-0.39, 0.29) is 5.91 Å². The minimum absolute atomic E-state index is 0.150. The van der Waals surface area contributed by atoms with E-state index in [1.54, 1.807) is 4.90 Å². The van der Waals surface area contributed by atoms with Crippen molar-refractivity contribution in [1.82, 2.24) is 5.32 Å². The molecule has 5 heteroatoms. The van der Waals surface area contributed by atoms with Crippen LogP contribution in [0.1, 0.15) is 25.3 Å². The van der Waals surface area contributed by atoms with Crippen molar-refractivity contribution in [3.63, 3.8) is 0 Å². The maximum absolute atomic E-state index is 12.3. The summed E-state index contributed by atoms with van der Waals surface area (Å²) in [5.74, 6) is 0.150. The van der Waals surface area contributed by atoms with E-state index in [0.29, 0.717) is 13.0 Å². The van der Waals surface area contributed by atoms with Crippen molar-refractivity contribution in [2.24, 2.45) is 0 Å². The number of nitrogens with one attached hydrogen (secondary N) is 1. The van der Waals surface area contributed by atoms with Gasteiger partial charge in [-0.1, -0.05) is 12.1 Å². The van der Waals surface area contributed by atoms with Crippen molar-refractivity contribution in [2.75, 3.05) is 11.4 Å². The highest BCUT2D eigenvalue weighted by Gasteiger charge is 2.21. The van der Waals surface area contributed by atoms with Crippen LogP contribution in [0.5, 0.6) is 0 Å². The summed E-state index contributed by atoms with van der Waals surface area (Å²) in [6.45, 7) is 2.63. The van der Waals surface area contributed by atoms with Crippen LogP contribution in [0.2, 0.25) is 0 Å². The number of halogens is 2. The van der Waals surface area contributed by atoms with Crippen molar-refractivity contribution < 1.29 is 13.6 Å². The standard InChI is InChI=1S/C14H18F2N2O/c1-10(14(15)16)17-9-11-4-6-12(7-5-11)18-8-2-3-13(18)19/h4-7,10,14,17H,2-3,8-9H2,1H3. The van der Waals surface area contributed by atoms with Gasteiger partial charge in [0.2, 0.25) is 5.91 Å². The highest BCUT2D eigenvalue weighted by molar-refractivity contribution is 5.95. The highest BCUT2D eigenvalue weighted by atomic mass is 19.3. The maximum Gasteiger partial charge on any atom is 0.253 e. The SMILES string of the molecule is CC(NCc1ccc(N2CCCC2=O)cc1)C(F)F. The number of benzene rings is 1. The molecular formula is C14H18F2N2O. The maximum atomic E-state index is 12.3. The van der Waals surface area contributed by atoms with Crippen molar-refractivity contribution >= 4 is 11.6 Å². The van der Waals surface area contributed by atoms with Crippen LogP contribution in [0, 0.1) is 0 Å². The third-order valence-corrected chi connectivity index (χ3v) is 3.33. The van der Waals surface area contributed by atoms with E-state index in [1.165, 1.54) is 6.92 Å². The lowest BCUT2D eigenvalue weighted by Gasteiger charge is -2.16. The van der Waals surface area contributed by atoms with Crippen molar-refractivity contribution in [2.45, 2.75) is 38.8 Å². The molecule has 0 saturated carbocycles. The monoisotopic (exact) mass is 268 g/mol. The molecule has 1 N–H and O–H groups in total. The van der Waals surface area contributed by atoms with Gasteiger partial charge in [0.25, 0.3) is 6.43 Å². The molecule has 0 aliphatic carbocycles. The molecule has 1 heterocycles. The number of carbonyl (C=O) groups is 1. The summed E-state index contributed by atoms with van der Waals surface area (Å²) < 4.78 is 24.7. The molecule has 0 spiro atoms. The van der Waals surface area contributed by atoms with Crippen molar-refractivity contribution in [3.8, 4) is 0 Å². The number of carbonyl (C=O) groups excluding carboxylic acids is 1. The van der Waals surface area contributed by atoms with E-state index in [9.17, 15) is 13.6 Å². The summed E-state index contributed by atoms with van der Waals surface area (Å²) >= 11 is 0. The van der Waals surface area contributed by atoms with Crippen LogP contribution >= 0.6 is 0 Å². The average molecular weight is 268 g/mol. The van der Waals surface area contributed by atoms with E-state index in [1.807, 2.05) is 24.3 Å². The largest absolute Gasteiger partial charge is 0.312 e. The van der Waals surface area contributed by atoms with Crippen LogP contribution in [0.15, 0.2) is 24.3 Å². The second-order valence-electron chi connectivity index (χ2n) is 4.82. The molecule has 1 aromatic rings. The molecule has 0 bridgehead atoms. The number of anilines is 1. The third kappa shape index (κ3) is 3.50. The molecule has 1 atom stereocenters. The zero-order valence-corrected chi connectivity index (χ0v) is 10.9. The fourth-order valence-corrected chi connectivity index (χ4v) is 2.08. The Balaban J connectivity index is 1.93. The van der Waals surface area contributed by atoms with E-state index in [4.69, 9.17) is 0 Å². The molecule has 0 aromatic heterocycles. The summed E-state index contributed by atoms with van der Waals surface area (Å²) in [7, 11) is 0. The predicted molar refractivity (Wildman–Crippen MR) is 70.3 cm³/mol. The van der Waals surface area contributed by atoms with Crippen LogP contribution in [0.4, 0.5) is 14.5 Å². The first-order chi connectivity index (χ1) is 9.08. The Labute approximate surface area is 111 Å². The minimum Gasteiger partial charge on any atom is -0.312 e. The first-order valence-corrected chi connectivity index (χ1v) is 6.49.